The lowest BCUT2D eigenvalue weighted by Crippen LogP contribution is -2.42. The molecule has 1 aromatic carbocycles. The fourth-order valence-electron chi connectivity index (χ4n) is 4.58. The summed E-state index contributed by atoms with van der Waals surface area (Å²) in [4.78, 5) is 30.7. The first-order valence-electron chi connectivity index (χ1n) is 9.77. The van der Waals surface area contributed by atoms with Gasteiger partial charge in [-0.1, -0.05) is 17.3 Å². The Labute approximate surface area is 169 Å². The molecule has 2 aliphatic heterocycles. The zero-order valence-electron chi connectivity index (χ0n) is 16.8. The molecule has 0 spiro atoms. The Kier molecular flexibility index (Phi) is 5.02. The number of fused-ring (bicyclic) bond motifs is 1. The molecule has 29 heavy (non-hydrogen) atoms. The maximum Gasteiger partial charge on any atom is 0.320 e. The second-order valence-electron chi connectivity index (χ2n) is 8.16. The van der Waals surface area contributed by atoms with Crippen LogP contribution in [0.25, 0.3) is 0 Å². The lowest BCUT2D eigenvalue weighted by atomic mass is 9.89. The van der Waals surface area contributed by atoms with Crippen LogP contribution in [0.4, 0.5) is 9.18 Å². The van der Waals surface area contributed by atoms with Gasteiger partial charge in [0.15, 0.2) is 0 Å². The molecular formula is C21H25FN4O3. The van der Waals surface area contributed by atoms with Gasteiger partial charge in [-0.15, -0.1) is 0 Å². The summed E-state index contributed by atoms with van der Waals surface area (Å²) in [5, 5.41) is 3.83. The Bertz CT molecular complexity index is 928. The van der Waals surface area contributed by atoms with Crippen LogP contribution in [0.2, 0.25) is 0 Å². The first kappa shape index (κ1) is 19.4. The summed E-state index contributed by atoms with van der Waals surface area (Å²) < 4.78 is 19.1. The third-order valence-corrected chi connectivity index (χ3v) is 5.84. The normalized spacial score (nSPS) is 23.4. The highest BCUT2D eigenvalue weighted by atomic mass is 19.1. The summed E-state index contributed by atoms with van der Waals surface area (Å²) in [7, 11) is 3.43. The molecule has 2 aliphatic rings. The molecule has 2 fully saturated rings. The molecule has 0 unspecified atom stereocenters. The minimum absolute atomic E-state index is 0.0148. The zero-order valence-corrected chi connectivity index (χ0v) is 16.8. The fraction of sp³-hybridized carbons (Fsp3) is 0.476. The van der Waals surface area contributed by atoms with Crippen molar-refractivity contribution >= 4 is 11.9 Å². The van der Waals surface area contributed by atoms with E-state index in [1.54, 1.807) is 31.1 Å². The third kappa shape index (κ3) is 3.71. The van der Waals surface area contributed by atoms with Crippen molar-refractivity contribution in [1.82, 2.24) is 19.9 Å². The van der Waals surface area contributed by atoms with Crippen LogP contribution in [0.3, 0.4) is 0 Å². The minimum atomic E-state index is -0.324. The predicted octanol–water partition coefficient (Wildman–Crippen LogP) is 2.48. The summed E-state index contributed by atoms with van der Waals surface area (Å²) in [6, 6.07) is 7.83. The average molecular weight is 400 g/mol. The van der Waals surface area contributed by atoms with E-state index in [0.29, 0.717) is 25.4 Å². The summed E-state index contributed by atoms with van der Waals surface area (Å²) in [6.07, 6.45) is 0.172. The average Bonchev–Trinajstić information content (AvgIpc) is 3.34. The summed E-state index contributed by atoms with van der Waals surface area (Å²) in [5.41, 5.74) is 1.52. The van der Waals surface area contributed by atoms with Crippen LogP contribution in [0.5, 0.6) is 0 Å². The second-order valence-corrected chi connectivity index (χ2v) is 8.16. The highest BCUT2D eigenvalue weighted by Gasteiger charge is 2.50. The molecule has 4 rings (SSSR count). The maximum atomic E-state index is 13.9. The van der Waals surface area contributed by atoms with Gasteiger partial charge in [0.25, 0.3) is 0 Å². The van der Waals surface area contributed by atoms with Crippen LogP contribution < -0.4 is 0 Å². The van der Waals surface area contributed by atoms with Gasteiger partial charge in [0.1, 0.15) is 11.6 Å². The first-order chi connectivity index (χ1) is 13.8. The molecule has 8 heteroatoms. The van der Waals surface area contributed by atoms with E-state index < -0.39 is 0 Å². The molecular weight excluding hydrogens is 375 g/mol. The van der Waals surface area contributed by atoms with Gasteiger partial charge in [-0.25, -0.2) is 9.18 Å². The number of likely N-dealkylation sites (tertiary alicyclic amines) is 2. The number of rotatable bonds is 3. The van der Waals surface area contributed by atoms with Crippen molar-refractivity contribution in [3.05, 3.63) is 53.2 Å². The number of hydrogen-bond acceptors (Lipinski definition) is 4. The first-order valence-corrected chi connectivity index (χ1v) is 9.77. The van der Waals surface area contributed by atoms with E-state index >= 15 is 0 Å². The van der Waals surface area contributed by atoms with Gasteiger partial charge >= 0.3 is 6.03 Å². The summed E-state index contributed by atoms with van der Waals surface area (Å²) >= 11 is 0. The maximum absolute atomic E-state index is 13.9. The molecule has 0 radical (unpaired) electrons. The number of urea groups is 1. The molecule has 154 valence electrons. The van der Waals surface area contributed by atoms with Crippen molar-refractivity contribution in [2.45, 2.75) is 19.4 Å². The number of carbonyl (C=O) groups is 2. The van der Waals surface area contributed by atoms with E-state index in [4.69, 9.17) is 4.52 Å². The molecule has 0 saturated carbocycles. The number of halogens is 1. The van der Waals surface area contributed by atoms with Gasteiger partial charge in [-0.3, -0.25) is 4.79 Å². The van der Waals surface area contributed by atoms with Gasteiger partial charge in [-0.2, -0.15) is 0 Å². The number of hydrogen-bond donors (Lipinski definition) is 0. The summed E-state index contributed by atoms with van der Waals surface area (Å²) in [6.45, 7) is 3.49. The molecule has 3 atom stereocenters. The van der Waals surface area contributed by atoms with Crippen LogP contribution in [-0.2, 0) is 11.2 Å². The largest absolute Gasteiger partial charge is 0.361 e. The van der Waals surface area contributed by atoms with Crippen molar-refractivity contribution in [2.24, 2.45) is 11.8 Å². The van der Waals surface area contributed by atoms with Crippen LogP contribution in [0.1, 0.15) is 23.1 Å². The van der Waals surface area contributed by atoms with Crippen molar-refractivity contribution in [3.63, 3.8) is 0 Å². The number of carbonyl (C=O) groups excluding carboxylic acids is 2. The lowest BCUT2D eigenvalue weighted by Gasteiger charge is -2.31. The van der Waals surface area contributed by atoms with E-state index in [9.17, 15) is 14.0 Å². The van der Waals surface area contributed by atoms with Crippen molar-refractivity contribution < 1.29 is 18.5 Å². The monoisotopic (exact) mass is 400 g/mol. The van der Waals surface area contributed by atoms with Gasteiger partial charge in [0.05, 0.1) is 18.2 Å². The van der Waals surface area contributed by atoms with Gasteiger partial charge in [-0.05, 0) is 24.6 Å². The molecule has 3 heterocycles. The molecule has 3 amide bonds. The van der Waals surface area contributed by atoms with Crippen LogP contribution in [-0.4, -0.2) is 65.5 Å². The van der Waals surface area contributed by atoms with E-state index in [-0.39, 0.29) is 42.1 Å². The molecule has 0 aliphatic carbocycles. The standard InChI is InChI=1S/C21H25FN4O3/c1-13-7-17(29-23-13)9-19(27)25-10-15-11-26(21(28)24(2)3)20(18(15)12-25)14-5-4-6-16(22)8-14/h4-8,15,18,20H,9-12H2,1-3H3/t15-,18-,20+/m1/s1. The van der Waals surface area contributed by atoms with Gasteiger partial charge in [0.2, 0.25) is 5.91 Å². The lowest BCUT2D eigenvalue weighted by molar-refractivity contribution is -0.130. The van der Waals surface area contributed by atoms with Gasteiger partial charge < -0.3 is 19.2 Å². The zero-order chi connectivity index (χ0) is 20.7. The Morgan fingerprint density at radius 1 is 1.24 bits per heavy atom. The predicted molar refractivity (Wildman–Crippen MR) is 103 cm³/mol. The van der Waals surface area contributed by atoms with Crippen molar-refractivity contribution in [1.29, 1.82) is 0 Å². The number of nitrogens with zero attached hydrogens (tertiary/aromatic N) is 4. The number of benzene rings is 1. The third-order valence-electron chi connectivity index (χ3n) is 5.84. The van der Waals surface area contributed by atoms with Crippen LogP contribution >= 0.6 is 0 Å². The molecule has 2 aromatic rings. The van der Waals surface area contributed by atoms with Gasteiger partial charge in [0, 0.05) is 51.6 Å². The quantitative estimate of drug-likeness (QED) is 0.794. The second kappa shape index (κ2) is 7.50. The minimum Gasteiger partial charge on any atom is -0.361 e. The Morgan fingerprint density at radius 3 is 2.69 bits per heavy atom. The van der Waals surface area contributed by atoms with Crippen molar-refractivity contribution in [2.75, 3.05) is 33.7 Å². The Balaban J connectivity index is 1.55. The molecule has 7 nitrogen and oxygen atoms in total. The highest BCUT2D eigenvalue weighted by Crippen LogP contribution is 2.45. The summed E-state index contributed by atoms with van der Waals surface area (Å²) in [5.74, 6) is 0.443. The number of amides is 3. The fourth-order valence-corrected chi connectivity index (χ4v) is 4.58. The number of aryl methyl sites for hydroxylation is 1. The molecule has 0 bridgehead atoms. The smallest absolute Gasteiger partial charge is 0.320 e. The highest BCUT2D eigenvalue weighted by molar-refractivity contribution is 5.79. The van der Waals surface area contributed by atoms with E-state index in [1.165, 1.54) is 12.1 Å². The number of aromatic nitrogens is 1. The van der Waals surface area contributed by atoms with Crippen LogP contribution in [0, 0.1) is 24.6 Å². The Hall–Kier alpha value is -2.90. The molecule has 1 aromatic heterocycles. The van der Waals surface area contributed by atoms with Crippen LogP contribution in [0.15, 0.2) is 34.9 Å². The SMILES string of the molecule is Cc1cc(CC(=O)N2C[C@@H]3CN(C(=O)N(C)C)[C@@H](c4cccc(F)c4)[C@@H]3C2)on1. The topological polar surface area (TPSA) is 69.9 Å². The Morgan fingerprint density at radius 2 is 2.03 bits per heavy atom. The molecule has 2 saturated heterocycles. The van der Waals surface area contributed by atoms with E-state index in [1.807, 2.05) is 22.8 Å². The van der Waals surface area contributed by atoms with E-state index in [2.05, 4.69) is 5.16 Å². The van der Waals surface area contributed by atoms with E-state index in [0.717, 1.165) is 11.3 Å². The molecule has 0 N–H and O–H groups in total. The van der Waals surface area contributed by atoms with Crippen molar-refractivity contribution in [3.8, 4) is 0 Å².